The molecular formula is C7H7ClN2O2. The maximum absolute atomic E-state index is 9.70. The number of aromatic nitrogens is 2. The zero-order chi connectivity index (χ0) is 8.60. The first-order chi connectivity index (χ1) is 5.71. The standard InChI is InChI=1S/C7H7ClN2O2/c8-5-1-2-9-6(10-5)7(11)3-12-4-7/h1-2,11H,3-4H2. The molecule has 0 amide bonds. The highest BCUT2D eigenvalue weighted by atomic mass is 35.5. The Kier molecular flexibility index (Phi) is 1.75. The summed E-state index contributed by atoms with van der Waals surface area (Å²) in [6.45, 7) is 0.487. The Morgan fingerprint density at radius 1 is 1.58 bits per heavy atom. The van der Waals surface area contributed by atoms with Gasteiger partial charge >= 0.3 is 0 Å². The fourth-order valence-electron chi connectivity index (χ4n) is 0.985. The van der Waals surface area contributed by atoms with E-state index >= 15 is 0 Å². The molecule has 1 aromatic heterocycles. The van der Waals surface area contributed by atoms with Crippen molar-refractivity contribution in [1.82, 2.24) is 9.97 Å². The van der Waals surface area contributed by atoms with E-state index in [9.17, 15) is 5.11 Å². The highest BCUT2D eigenvalue weighted by Crippen LogP contribution is 2.26. The van der Waals surface area contributed by atoms with Crippen molar-refractivity contribution in [2.75, 3.05) is 13.2 Å². The van der Waals surface area contributed by atoms with Crippen LogP contribution in [0.4, 0.5) is 0 Å². The average Bonchev–Trinajstić information content (AvgIpc) is 2.00. The molecule has 4 nitrogen and oxygen atoms in total. The van der Waals surface area contributed by atoms with Gasteiger partial charge in [-0.05, 0) is 6.07 Å². The normalized spacial score (nSPS) is 20.2. The third kappa shape index (κ3) is 1.18. The van der Waals surface area contributed by atoms with Crippen molar-refractivity contribution >= 4 is 11.6 Å². The Balaban J connectivity index is 2.33. The summed E-state index contributed by atoms with van der Waals surface area (Å²) in [5, 5.41) is 10.0. The van der Waals surface area contributed by atoms with Crippen molar-refractivity contribution in [2.24, 2.45) is 0 Å². The number of ether oxygens (including phenoxy) is 1. The number of hydrogen-bond acceptors (Lipinski definition) is 4. The number of nitrogens with zero attached hydrogens (tertiary/aromatic N) is 2. The molecule has 0 saturated carbocycles. The molecule has 1 aliphatic rings. The maximum Gasteiger partial charge on any atom is 0.170 e. The Morgan fingerprint density at radius 2 is 2.33 bits per heavy atom. The summed E-state index contributed by atoms with van der Waals surface area (Å²) < 4.78 is 4.86. The van der Waals surface area contributed by atoms with E-state index in [0.29, 0.717) is 11.0 Å². The second kappa shape index (κ2) is 2.65. The van der Waals surface area contributed by atoms with E-state index in [-0.39, 0.29) is 13.2 Å². The van der Waals surface area contributed by atoms with Crippen LogP contribution in [-0.2, 0) is 10.3 Å². The molecule has 0 atom stereocenters. The van der Waals surface area contributed by atoms with Crippen LogP contribution in [0.3, 0.4) is 0 Å². The van der Waals surface area contributed by atoms with Crippen LogP contribution in [0.1, 0.15) is 5.82 Å². The molecule has 1 aromatic rings. The van der Waals surface area contributed by atoms with Gasteiger partial charge in [0, 0.05) is 6.20 Å². The van der Waals surface area contributed by atoms with Crippen molar-refractivity contribution in [1.29, 1.82) is 0 Å². The predicted molar refractivity (Wildman–Crippen MR) is 41.8 cm³/mol. The molecule has 1 fully saturated rings. The van der Waals surface area contributed by atoms with Gasteiger partial charge in [-0.3, -0.25) is 0 Å². The SMILES string of the molecule is OC1(c2nccc(Cl)n2)COC1. The van der Waals surface area contributed by atoms with Crippen LogP contribution >= 0.6 is 11.6 Å². The lowest BCUT2D eigenvalue weighted by Crippen LogP contribution is -2.47. The van der Waals surface area contributed by atoms with Gasteiger partial charge in [0.05, 0.1) is 13.2 Å². The molecule has 0 bridgehead atoms. The number of aliphatic hydroxyl groups is 1. The van der Waals surface area contributed by atoms with Crippen LogP contribution in [0.25, 0.3) is 0 Å². The largest absolute Gasteiger partial charge is 0.377 e. The van der Waals surface area contributed by atoms with E-state index in [1.54, 1.807) is 6.07 Å². The predicted octanol–water partition coefficient (Wildman–Crippen LogP) is 0.348. The highest BCUT2D eigenvalue weighted by Gasteiger charge is 2.40. The first kappa shape index (κ1) is 7.91. The molecule has 64 valence electrons. The first-order valence-corrected chi connectivity index (χ1v) is 3.88. The summed E-state index contributed by atoms with van der Waals surface area (Å²) in [4.78, 5) is 7.80. The highest BCUT2D eigenvalue weighted by molar-refractivity contribution is 6.29. The number of halogens is 1. The number of hydrogen-bond donors (Lipinski definition) is 1. The molecule has 0 aromatic carbocycles. The Morgan fingerprint density at radius 3 is 2.83 bits per heavy atom. The Hall–Kier alpha value is -0.710. The molecule has 2 heterocycles. The second-order valence-corrected chi connectivity index (χ2v) is 3.11. The minimum absolute atomic E-state index is 0.243. The summed E-state index contributed by atoms with van der Waals surface area (Å²) in [6.07, 6.45) is 1.51. The van der Waals surface area contributed by atoms with E-state index in [1.807, 2.05) is 0 Å². The molecule has 0 radical (unpaired) electrons. The van der Waals surface area contributed by atoms with Gasteiger partial charge in [-0.1, -0.05) is 11.6 Å². The van der Waals surface area contributed by atoms with Crippen LogP contribution < -0.4 is 0 Å². The van der Waals surface area contributed by atoms with Crippen molar-refractivity contribution in [3.05, 3.63) is 23.2 Å². The van der Waals surface area contributed by atoms with Crippen LogP contribution in [0.15, 0.2) is 12.3 Å². The molecule has 5 heteroatoms. The molecule has 0 aliphatic carbocycles. The zero-order valence-corrected chi connectivity index (χ0v) is 6.95. The zero-order valence-electron chi connectivity index (χ0n) is 6.20. The fraction of sp³-hybridized carbons (Fsp3) is 0.429. The first-order valence-electron chi connectivity index (χ1n) is 3.50. The van der Waals surface area contributed by atoms with Crippen LogP contribution in [0, 0.1) is 0 Å². The topological polar surface area (TPSA) is 55.2 Å². The van der Waals surface area contributed by atoms with Gasteiger partial charge in [-0.2, -0.15) is 0 Å². The quantitative estimate of drug-likeness (QED) is 0.643. The molecule has 12 heavy (non-hydrogen) atoms. The van der Waals surface area contributed by atoms with E-state index in [2.05, 4.69) is 9.97 Å². The lowest BCUT2D eigenvalue weighted by molar-refractivity contribution is -0.189. The molecule has 1 saturated heterocycles. The fourth-order valence-corrected chi connectivity index (χ4v) is 1.12. The Bertz CT molecular complexity index is 301. The van der Waals surface area contributed by atoms with Crippen LogP contribution in [-0.4, -0.2) is 28.3 Å². The van der Waals surface area contributed by atoms with Crippen molar-refractivity contribution in [2.45, 2.75) is 5.60 Å². The number of rotatable bonds is 1. The minimum Gasteiger partial charge on any atom is -0.377 e. The van der Waals surface area contributed by atoms with Crippen molar-refractivity contribution in [3.63, 3.8) is 0 Å². The minimum atomic E-state index is -1.02. The summed E-state index contributed by atoms with van der Waals surface area (Å²) in [6, 6.07) is 1.56. The molecule has 1 N–H and O–H groups in total. The van der Waals surface area contributed by atoms with Gasteiger partial charge in [0.25, 0.3) is 0 Å². The van der Waals surface area contributed by atoms with Gasteiger partial charge in [-0.15, -0.1) is 0 Å². The van der Waals surface area contributed by atoms with Gasteiger partial charge in [-0.25, -0.2) is 9.97 Å². The van der Waals surface area contributed by atoms with Gasteiger partial charge < -0.3 is 9.84 Å². The van der Waals surface area contributed by atoms with Gasteiger partial charge in [0.1, 0.15) is 5.15 Å². The lowest BCUT2D eigenvalue weighted by Gasteiger charge is -2.34. The van der Waals surface area contributed by atoms with Crippen LogP contribution in [0.2, 0.25) is 5.15 Å². The van der Waals surface area contributed by atoms with Crippen molar-refractivity contribution in [3.8, 4) is 0 Å². The molecular weight excluding hydrogens is 180 g/mol. The lowest BCUT2D eigenvalue weighted by atomic mass is 10.0. The smallest absolute Gasteiger partial charge is 0.170 e. The molecule has 0 spiro atoms. The molecule has 0 unspecified atom stereocenters. The molecule has 2 rings (SSSR count). The van der Waals surface area contributed by atoms with Gasteiger partial charge in [0.2, 0.25) is 0 Å². The van der Waals surface area contributed by atoms with E-state index in [4.69, 9.17) is 16.3 Å². The average molecular weight is 187 g/mol. The summed E-state index contributed by atoms with van der Waals surface area (Å²) >= 11 is 5.63. The van der Waals surface area contributed by atoms with E-state index in [0.717, 1.165) is 0 Å². The third-order valence-corrected chi connectivity index (χ3v) is 1.93. The van der Waals surface area contributed by atoms with E-state index in [1.165, 1.54) is 6.20 Å². The maximum atomic E-state index is 9.70. The summed E-state index contributed by atoms with van der Waals surface area (Å²) in [5.41, 5.74) is -1.02. The van der Waals surface area contributed by atoms with E-state index < -0.39 is 5.60 Å². The second-order valence-electron chi connectivity index (χ2n) is 2.73. The van der Waals surface area contributed by atoms with Crippen LogP contribution in [0.5, 0.6) is 0 Å². The summed E-state index contributed by atoms with van der Waals surface area (Å²) in [5.74, 6) is 0.334. The monoisotopic (exact) mass is 186 g/mol. The Labute approximate surface area is 74.2 Å². The molecule has 1 aliphatic heterocycles. The third-order valence-electron chi connectivity index (χ3n) is 1.72. The van der Waals surface area contributed by atoms with Crippen molar-refractivity contribution < 1.29 is 9.84 Å². The van der Waals surface area contributed by atoms with Gasteiger partial charge in [0.15, 0.2) is 11.4 Å². The summed E-state index contributed by atoms with van der Waals surface area (Å²) in [7, 11) is 0.